The molecule has 2 heteroatoms. The minimum atomic E-state index is -0.139. The van der Waals surface area contributed by atoms with Gasteiger partial charge >= 0.3 is 0 Å². The van der Waals surface area contributed by atoms with E-state index in [9.17, 15) is 0 Å². The van der Waals surface area contributed by atoms with Crippen LogP contribution >= 0.6 is 0 Å². The van der Waals surface area contributed by atoms with Crippen molar-refractivity contribution < 1.29 is 4.74 Å². The van der Waals surface area contributed by atoms with E-state index in [0.29, 0.717) is 0 Å². The number of benzene rings is 2. The third-order valence-electron chi connectivity index (χ3n) is 4.34. The maximum atomic E-state index is 6.23. The number of fused-ring (bicyclic) bond motifs is 3. The molecule has 0 saturated carbocycles. The predicted molar refractivity (Wildman–Crippen MR) is 98.1 cm³/mol. The Hall–Kier alpha value is -2.09. The molecule has 0 amide bonds. The van der Waals surface area contributed by atoms with Crippen molar-refractivity contribution in [3.8, 4) is 5.75 Å². The highest BCUT2D eigenvalue weighted by Gasteiger charge is 2.19. The highest BCUT2D eigenvalue weighted by atomic mass is 16.5. The van der Waals surface area contributed by atoms with E-state index >= 15 is 0 Å². The van der Waals surface area contributed by atoms with Crippen LogP contribution in [0.2, 0.25) is 0 Å². The fraction of sp³-hybridized carbons (Fsp3) is 0.381. The third kappa shape index (κ3) is 3.64. The van der Waals surface area contributed by atoms with E-state index in [4.69, 9.17) is 4.74 Å². The quantitative estimate of drug-likeness (QED) is 0.404. The number of ether oxygens (including phenoxy) is 1. The summed E-state index contributed by atoms with van der Waals surface area (Å²) in [6.45, 7) is 6.56. The van der Waals surface area contributed by atoms with Gasteiger partial charge in [-0.05, 0) is 44.2 Å². The fourth-order valence-electron chi connectivity index (χ4n) is 3.07. The zero-order valence-electron chi connectivity index (χ0n) is 14.3. The zero-order chi connectivity index (χ0) is 16.3. The van der Waals surface area contributed by atoms with Crippen LogP contribution in [0.15, 0.2) is 48.7 Å². The average Bonchev–Trinajstić information content (AvgIpc) is 2.54. The molecule has 1 heterocycles. The largest absolute Gasteiger partial charge is 0.488 e. The van der Waals surface area contributed by atoms with Gasteiger partial charge in [0.15, 0.2) is 0 Å². The lowest BCUT2D eigenvalue weighted by Gasteiger charge is -2.26. The molecule has 0 saturated heterocycles. The first kappa shape index (κ1) is 15.8. The van der Waals surface area contributed by atoms with Crippen LogP contribution in [-0.4, -0.2) is 10.6 Å². The van der Waals surface area contributed by atoms with Crippen molar-refractivity contribution in [3.05, 3.63) is 48.7 Å². The molecule has 0 unspecified atom stereocenters. The second kappa shape index (κ2) is 6.57. The van der Waals surface area contributed by atoms with Gasteiger partial charge in [-0.15, -0.1) is 0 Å². The van der Waals surface area contributed by atoms with Crippen LogP contribution in [0.3, 0.4) is 0 Å². The normalized spacial score (nSPS) is 12.0. The Morgan fingerprint density at radius 3 is 2.65 bits per heavy atom. The molecule has 0 bridgehead atoms. The van der Waals surface area contributed by atoms with E-state index in [1.807, 2.05) is 12.3 Å². The molecule has 1 aromatic heterocycles. The highest BCUT2D eigenvalue weighted by Crippen LogP contribution is 2.29. The minimum absolute atomic E-state index is 0.139. The average molecular weight is 307 g/mol. The molecule has 2 aromatic carbocycles. The summed E-state index contributed by atoms with van der Waals surface area (Å²) in [6, 6.07) is 14.6. The van der Waals surface area contributed by atoms with E-state index in [0.717, 1.165) is 17.7 Å². The van der Waals surface area contributed by atoms with Gasteiger partial charge in [0, 0.05) is 23.0 Å². The summed E-state index contributed by atoms with van der Waals surface area (Å²) in [4.78, 5) is 4.60. The number of nitrogens with zero attached hydrogens (tertiary/aromatic N) is 1. The first-order valence-corrected chi connectivity index (χ1v) is 8.55. The van der Waals surface area contributed by atoms with E-state index in [1.54, 1.807) is 0 Å². The molecule has 0 N–H and O–H groups in total. The summed E-state index contributed by atoms with van der Waals surface area (Å²) in [6.07, 6.45) is 6.72. The Morgan fingerprint density at radius 2 is 1.83 bits per heavy atom. The Balaban J connectivity index is 1.87. The Morgan fingerprint density at radius 1 is 1.00 bits per heavy atom. The van der Waals surface area contributed by atoms with Crippen LogP contribution in [0, 0.1) is 0 Å². The first-order chi connectivity index (χ1) is 11.1. The van der Waals surface area contributed by atoms with E-state index in [1.165, 1.54) is 35.4 Å². The minimum Gasteiger partial charge on any atom is -0.488 e. The molecular weight excluding hydrogens is 282 g/mol. The lowest BCUT2D eigenvalue weighted by molar-refractivity contribution is 0.0964. The Bertz CT molecular complexity index is 807. The molecular formula is C21H25NO. The van der Waals surface area contributed by atoms with Gasteiger partial charge in [0.05, 0.1) is 5.52 Å². The predicted octanol–water partition coefficient (Wildman–Crippen LogP) is 6.13. The van der Waals surface area contributed by atoms with E-state index < -0.39 is 0 Å². The van der Waals surface area contributed by atoms with Gasteiger partial charge in [-0.2, -0.15) is 0 Å². The lowest BCUT2D eigenvalue weighted by Crippen LogP contribution is -2.27. The van der Waals surface area contributed by atoms with Crippen LogP contribution in [0.5, 0.6) is 5.75 Å². The maximum Gasteiger partial charge on any atom is 0.122 e. The number of hydrogen-bond donors (Lipinski definition) is 0. The lowest BCUT2D eigenvalue weighted by atomic mass is 10.0. The number of aromatic nitrogens is 1. The number of hydrogen-bond acceptors (Lipinski definition) is 2. The molecule has 0 aliphatic carbocycles. The second-order valence-electron chi connectivity index (χ2n) is 6.84. The molecule has 0 spiro atoms. The molecule has 0 fully saturated rings. The van der Waals surface area contributed by atoms with Crippen LogP contribution in [-0.2, 0) is 0 Å². The van der Waals surface area contributed by atoms with Crippen molar-refractivity contribution >= 4 is 21.7 Å². The number of rotatable bonds is 6. The van der Waals surface area contributed by atoms with E-state index in [-0.39, 0.29) is 5.60 Å². The standard InChI is InChI=1S/C21H25NO/c1-4-5-8-13-21(2,3)23-17-11-12-19-18-10-7-6-9-16(18)15-22-20(19)14-17/h6-7,9-12,14-15H,4-5,8,13H2,1-3H3. The molecule has 23 heavy (non-hydrogen) atoms. The first-order valence-electron chi connectivity index (χ1n) is 8.55. The summed E-state index contributed by atoms with van der Waals surface area (Å²) in [5.41, 5.74) is 0.852. The summed E-state index contributed by atoms with van der Waals surface area (Å²) in [5.74, 6) is 0.904. The van der Waals surface area contributed by atoms with Crippen molar-refractivity contribution in [2.75, 3.05) is 0 Å². The number of unbranched alkanes of at least 4 members (excludes halogenated alkanes) is 2. The zero-order valence-corrected chi connectivity index (χ0v) is 14.3. The van der Waals surface area contributed by atoms with Crippen LogP contribution in [0.4, 0.5) is 0 Å². The smallest absolute Gasteiger partial charge is 0.122 e. The molecule has 3 aromatic rings. The van der Waals surface area contributed by atoms with Crippen molar-refractivity contribution in [3.63, 3.8) is 0 Å². The van der Waals surface area contributed by atoms with Gasteiger partial charge in [0.1, 0.15) is 11.4 Å². The van der Waals surface area contributed by atoms with Crippen LogP contribution in [0.25, 0.3) is 21.7 Å². The summed E-state index contributed by atoms with van der Waals surface area (Å²) in [5, 5.41) is 3.60. The van der Waals surface area contributed by atoms with E-state index in [2.05, 4.69) is 62.2 Å². The summed E-state index contributed by atoms with van der Waals surface area (Å²) >= 11 is 0. The van der Waals surface area contributed by atoms with Crippen LogP contribution < -0.4 is 4.74 Å². The van der Waals surface area contributed by atoms with Gasteiger partial charge < -0.3 is 4.74 Å². The molecule has 0 aliphatic heterocycles. The maximum absolute atomic E-state index is 6.23. The Kier molecular flexibility index (Phi) is 4.51. The third-order valence-corrected chi connectivity index (χ3v) is 4.34. The summed E-state index contributed by atoms with van der Waals surface area (Å²) < 4.78 is 6.23. The van der Waals surface area contributed by atoms with Crippen molar-refractivity contribution in [2.45, 2.75) is 52.1 Å². The molecule has 3 rings (SSSR count). The molecule has 0 radical (unpaired) electrons. The fourth-order valence-corrected chi connectivity index (χ4v) is 3.07. The monoisotopic (exact) mass is 307 g/mol. The SMILES string of the molecule is CCCCCC(C)(C)Oc1ccc2c(c1)ncc1ccccc12. The molecule has 120 valence electrons. The second-order valence-corrected chi connectivity index (χ2v) is 6.84. The van der Waals surface area contributed by atoms with Crippen LogP contribution in [0.1, 0.15) is 46.5 Å². The summed E-state index contributed by atoms with van der Waals surface area (Å²) in [7, 11) is 0. The molecule has 2 nitrogen and oxygen atoms in total. The van der Waals surface area contributed by atoms with Crippen molar-refractivity contribution in [1.82, 2.24) is 4.98 Å². The van der Waals surface area contributed by atoms with Crippen molar-refractivity contribution in [2.24, 2.45) is 0 Å². The van der Waals surface area contributed by atoms with Gasteiger partial charge in [-0.25, -0.2) is 0 Å². The highest BCUT2D eigenvalue weighted by molar-refractivity contribution is 6.05. The van der Waals surface area contributed by atoms with Gasteiger partial charge in [-0.1, -0.05) is 44.0 Å². The van der Waals surface area contributed by atoms with Crippen molar-refractivity contribution in [1.29, 1.82) is 0 Å². The van der Waals surface area contributed by atoms with Gasteiger partial charge in [0.2, 0.25) is 0 Å². The molecule has 0 aliphatic rings. The molecule has 0 atom stereocenters. The number of pyridine rings is 1. The van der Waals surface area contributed by atoms with Gasteiger partial charge in [0.25, 0.3) is 0 Å². The topological polar surface area (TPSA) is 22.1 Å². The Labute approximate surface area is 138 Å². The van der Waals surface area contributed by atoms with Gasteiger partial charge in [-0.3, -0.25) is 4.98 Å².